The van der Waals surface area contributed by atoms with E-state index in [2.05, 4.69) is 26.3 Å². The highest BCUT2D eigenvalue weighted by Gasteiger charge is 2.42. The highest BCUT2D eigenvalue weighted by molar-refractivity contribution is 7.80. The van der Waals surface area contributed by atoms with Gasteiger partial charge in [0, 0.05) is 42.6 Å². The number of methoxy groups -OCH3 is 3. The van der Waals surface area contributed by atoms with Crippen molar-refractivity contribution in [2.75, 3.05) is 38.2 Å². The molecule has 2 atom stereocenters. The predicted octanol–water partition coefficient (Wildman–Crippen LogP) is 4.65. The second-order valence-corrected chi connectivity index (χ2v) is 9.25. The molecular weight excluding hydrogens is 514 g/mol. The third-order valence-electron chi connectivity index (χ3n) is 6.52. The first kappa shape index (κ1) is 26.2. The van der Waals surface area contributed by atoms with E-state index in [1.807, 2.05) is 77.8 Å². The van der Waals surface area contributed by atoms with Crippen molar-refractivity contribution < 1.29 is 19.0 Å². The molecular formula is C29H29N5O4S. The van der Waals surface area contributed by atoms with Gasteiger partial charge in [0.05, 0.1) is 31.6 Å². The summed E-state index contributed by atoms with van der Waals surface area (Å²) in [5.41, 5.74) is 4.10. The van der Waals surface area contributed by atoms with Crippen molar-refractivity contribution >= 4 is 34.6 Å². The molecule has 1 aliphatic rings. The van der Waals surface area contributed by atoms with E-state index in [0.717, 1.165) is 28.5 Å². The van der Waals surface area contributed by atoms with Gasteiger partial charge in [0.25, 0.3) is 0 Å². The summed E-state index contributed by atoms with van der Waals surface area (Å²) >= 11 is 5.90. The highest BCUT2D eigenvalue weighted by atomic mass is 32.1. The molecule has 1 fully saturated rings. The number of carbonyl (C=O) groups excluding carboxylic acids is 1. The number of nitrogens with zero attached hydrogens (tertiary/aromatic N) is 3. The summed E-state index contributed by atoms with van der Waals surface area (Å²) in [6.07, 6.45) is 3.79. The third kappa shape index (κ3) is 5.29. The quantitative estimate of drug-likeness (QED) is 0.295. The lowest BCUT2D eigenvalue weighted by Gasteiger charge is -2.29. The number of ether oxygens (including phenoxy) is 3. The van der Waals surface area contributed by atoms with Crippen LogP contribution in [0.5, 0.6) is 11.5 Å². The van der Waals surface area contributed by atoms with Crippen molar-refractivity contribution in [3.05, 3.63) is 96.6 Å². The normalized spacial score (nSPS) is 16.6. The zero-order valence-electron chi connectivity index (χ0n) is 21.8. The fourth-order valence-electron chi connectivity index (χ4n) is 4.82. The molecule has 4 aromatic rings. The molecule has 1 saturated heterocycles. The first-order chi connectivity index (χ1) is 19.0. The number of thiocarbonyl (C=S) groups is 1. The van der Waals surface area contributed by atoms with Gasteiger partial charge in [-0.25, -0.2) is 0 Å². The van der Waals surface area contributed by atoms with Gasteiger partial charge in [0.15, 0.2) is 5.11 Å². The highest BCUT2D eigenvalue weighted by Crippen LogP contribution is 2.44. The van der Waals surface area contributed by atoms with E-state index in [-0.39, 0.29) is 24.6 Å². The SMILES string of the molecule is COCC(=O)Nc1cc(N2C(=S)N[C@@H](c3ccccn3)[C@@H]2c2cccn2-c2cccc(OC)c2)ccc1OC. The number of nitrogens with one attached hydrogen (secondary N) is 2. The molecule has 10 heteroatoms. The smallest absolute Gasteiger partial charge is 0.250 e. The summed E-state index contributed by atoms with van der Waals surface area (Å²) in [4.78, 5) is 19.1. The first-order valence-electron chi connectivity index (χ1n) is 12.3. The fourth-order valence-corrected chi connectivity index (χ4v) is 5.17. The molecule has 1 amide bonds. The van der Waals surface area contributed by atoms with Gasteiger partial charge >= 0.3 is 0 Å². The second-order valence-electron chi connectivity index (χ2n) is 8.87. The number of anilines is 2. The summed E-state index contributed by atoms with van der Waals surface area (Å²) in [5.74, 6) is 1.00. The summed E-state index contributed by atoms with van der Waals surface area (Å²) in [7, 11) is 4.69. The van der Waals surface area contributed by atoms with Gasteiger partial charge in [-0.15, -0.1) is 0 Å². The molecule has 0 radical (unpaired) electrons. The van der Waals surface area contributed by atoms with Crippen molar-refractivity contribution in [3.8, 4) is 17.2 Å². The van der Waals surface area contributed by atoms with Crippen molar-refractivity contribution in [3.63, 3.8) is 0 Å². The Morgan fingerprint density at radius 1 is 1.00 bits per heavy atom. The number of benzene rings is 2. The molecule has 0 aliphatic carbocycles. The Morgan fingerprint density at radius 2 is 1.87 bits per heavy atom. The number of carbonyl (C=O) groups is 1. The topological polar surface area (TPSA) is 89.9 Å². The van der Waals surface area contributed by atoms with Gasteiger partial charge in [-0.05, 0) is 66.8 Å². The molecule has 2 aromatic heterocycles. The van der Waals surface area contributed by atoms with E-state index >= 15 is 0 Å². The number of rotatable bonds is 9. The molecule has 1 aliphatic heterocycles. The van der Waals surface area contributed by atoms with Crippen LogP contribution < -0.4 is 25.0 Å². The Hall–Kier alpha value is -4.41. The standard InChI is InChI=1S/C29H29N5O4S/c1-36-18-26(35)31-23-17-20(12-13-25(23)38-3)34-28(27(32-29(34)39)22-10-4-5-14-30-22)24-11-7-15-33(24)19-8-6-9-21(16-19)37-2/h4-17,27-28H,18H2,1-3H3,(H,31,35)(H,32,39)/t27-,28-/m0/s1. The van der Waals surface area contributed by atoms with Crippen molar-refractivity contribution in [2.24, 2.45) is 0 Å². The number of aromatic nitrogens is 2. The monoisotopic (exact) mass is 543 g/mol. The average Bonchev–Trinajstić information content (AvgIpc) is 3.58. The summed E-state index contributed by atoms with van der Waals surface area (Å²) < 4.78 is 18.1. The van der Waals surface area contributed by atoms with Gasteiger partial charge in [-0.3, -0.25) is 9.78 Å². The lowest BCUT2D eigenvalue weighted by atomic mass is 10.0. The minimum absolute atomic E-state index is 0.0739. The van der Waals surface area contributed by atoms with Gasteiger partial charge in [-0.1, -0.05) is 12.1 Å². The van der Waals surface area contributed by atoms with E-state index in [0.29, 0.717) is 16.5 Å². The van der Waals surface area contributed by atoms with Crippen molar-refractivity contribution in [1.82, 2.24) is 14.9 Å². The Morgan fingerprint density at radius 3 is 2.62 bits per heavy atom. The van der Waals surface area contributed by atoms with Crippen LogP contribution in [0.2, 0.25) is 0 Å². The maximum Gasteiger partial charge on any atom is 0.250 e. The van der Waals surface area contributed by atoms with Gasteiger partial charge < -0.3 is 34.3 Å². The third-order valence-corrected chi connectivity index (χ3v) is 6.84. The molecule has 0 bridgehead atoms. The molecule has 9 nitrogen and oxygen atoms in total. The van der Waals surface area contributed by atoms with Crippen molar-refractivity contribution in [2.45, 2.75) is 12.1 Å². The van der Waals surface area contributed by atoms with Crippen LogP contribution in [0.1, 0.15) is 23.5 Å². The molecule has 3 heterocycles. The van der Waals surface area contributed by atoms with Gasteiger partial charge in [-0.2, -0.15) is 0 Å². The minimum atomic E-state index is -0.287. The molecule has 0 saturated carbocycles. The van der Waals surface area contributed by atoms with E-state index in [9.17, 15) is 4.79 Å². The van der Waals surface area contributed by atoms with E-state index in [1.54, 1.807) is 20.4 Å². The molecule has 0 spiro atoms. The summed E-state index contributed by atoms with van der Waals surface area (Å²) in [6.45, 7) is -0.0739. The molecule has 39 heavy (non-hydrogen) atoms. The van der Waals surface area contributed by atoms with Crippen LogP contribution in [0.4, 0.5) is 11.4 Å². The molecule has 2 aromatic carbocycles. The van der Waals surface area contributed by atoms with Gasteiger partial charge in [0.1, 0.15) is 24.1 Å². The maximum atomic E-state index is 12.4. The molecule has 200 valence electrons. The Labute approximate surface area is 232 Å². The Bertz CT molecular complexity index is 1480. The zero-order chi connectivity index (χ0) is 27.4. The van der Waals surface area contributed by atoms with E-state index < -0.39 is 0 Å². The Balaban J connectivity index is 1.63. The number of hydrogen-bond acceptors (Lipinski definition) is 6. The second kappa shape index (κ2) is 11.5. The Kier molecular flexibility index (Phi) is 7.76. The lowest BCUT2D eigenvalue weighted by molar-refractivity contribution is -0.119. The van der Waals surface area contributed by atoms with Crippen LogP contribution >= 0.6 is 12.2 Å². The van der Waals surface area contributed by atoms with Crippen LogP contribution in [0.3, 0.4) is 0 Å². The first-order valence-corrected chi connectivity index (χ1v) is 12.7. The van der Waals surface area contributed by atoms with Crippen molar-refractivity contribution in [1.29, 1.82) is 0 Å². The summed E-state index contributed by atoms with van der Waals surface area (Å²) in [6, 6.07) is 22.9. The molecule has 0 unspecified atom stereocenters. The van der Waals surface area contributed by atoms with Crippen LogP contribution in [-0.2, 0) is 9.53 Å². The predicted molar refractivity (Wildman–Crippen MR) is 154 cm³/mol. The molecule has 5 rings (SSSR count). The zero-order valence-corrected chi connectivity index (χ0v) is 22.6. The van der Waals surface area contributed by atoms with Crippen LogP contribution in [0.25, 0.3) is 5.69 Å². The van der Waals surface area contributed by atoms with Crippen LogP contribution in [0.15, 0.2) is 85.2 Å². The lowest BCUT2D eigenvalue weighted by Crippen LogP contribution is -2.30. The number of amides is 1. The van der Waals surface area contributed by atoms with Crippen LogP contribution in [-0.4, -0.2) is 48.5 Å². The largest absolute Gasteiger partial charge is 0.497 e. The van der Waals surface area contributed by atoms with E-state index in [1.165, 1.54) is 7.11 Å². The summed E-state index contributed by atoms with van der Waals surface area (Å²) in [5, 5.41) is 6.89. The van der Waals surface area contributed by atoms with Gasteiger partial charge in [0.2, 0.25) is 5.91 Å². The van der Waals surface area contributed by atoms with Crippen LogP contribution in [0, 0.1) is 0 Å². The average molecular weight is 544 g/mol. The fraction of sp³-hybridized carbons (Fsp3) is 0.207. The maximum absolute atomic E-state index is 12.4. The minimum Gasteiger partial charge on any atom is -0.497 e. The number of pyridine rings is 1. The van der Waals surface area contributed by atoms with E-state index in [4.69, 9.17) is 26.4 Å². The number of hydrogen-bond donors (Lipinski definition) is 2. The molecule has 2 N–H and O–H groups in total.